The average Bonchev–Trinajstić information content (AvgIpc) is 2.95. The Labute approximate surface area is 183 Å². The quantitative estimate of drug-likeness (QED) is 0.486. The molecule has 29 heavy (non-hydrogen) atoms. The molecule has 0 aliphatic heterocycles. The molecule has 0 atom stereocenters. The molecule has 0 radical (unpaired) electrons. The first-order valence-electron chi connectivity index (χ1n) is 9.09. The van der Waals surface area contributed by atoms with Crippen LogP contribution >= 0.6 is 34.8 Å². The molecule has 1 amide bonds. The van der Waals surface area contributed by atoms with E-state index in [0.29, 0.717) is 32.9 Å². The van der Waals surface area contributed by atoms with Gasteiger partial charge in [-0.05, 0) is 55.2 Å². The summed E-state index contributed by atoms with van der Waals surface area (Å²) in [6.45, 7) is 0. The van der Waals surface area contributed by atoms with Crippen LogP contribution in [-0.4, -0.2) is 34.9 Å². The van der Waals surface area contributed by atoms with E-state index in [1.807, 2.05) is 18.2 Å². The van der Waals surface area contributed by atoms with E-state index in [1.54, 1.807) is 29.9 Å². The molecule has 3 aromatic rings. The molecule has 0 N–H and O–H groups in total. The van der Waals surface area contributed by atoms with E-state index in [0.717, 1.165) is 35.2 Å². The monoisotopic (exact) mass is 449 g/mol. The number of hydrogen-bond donors (Lipinski definition) is 0. The summed E-state index contributed by atoms with van der Waals surface area (Å²) in [5.74, 6) is -0.315. The van der Waals surface area contributed by atoms with Crippen LogP contribution in [0.15, 0.2) is 36.4 Å². The zero-order chi connectivity index (χ0) is 20.7. The Balaban J connectivity index is 2.03. The van der Waals surface area contributed by atoms with Crippen LogP contribution in [0.1, 0.15) is 28.0 Å². The van der Waals surface area contributed by atoms with Crippen LogP contribution < -0.4 is 0 Å². The van der Waals surface area contributed by atoms with Gasteiger partial charge in [0.2, 0.25) is 0 Å². The van der Waals surface area contributed by atoms with Crippen LogP contribution in [0.3, 0.4) is 0 Å². The highest BCUT2D eigenvalue weighted by Crippen LogP contribution is 2.39. The summed E-state index contributed by atoms with van der Waals surface area (Å²) < 4.78 is 1.72. The zero-order valence-corrected chi connectivity index (χ0v) is 18.1. The second-order valence-electron chi connectivity index (χ2n) is 6.82. The van der Waals surface area contributed by atoms with Crippen LogP contribution in [-0.2, 0) is 17.7 Å². The minimum Gasteiger partial charge on any atom is -0.274 e. The smallest absolute Gasteiger partial charge is 0.274 e. The predicted octanol–water partition coefficient (Wildman–Crippen LogP) is 5.62. The normalized spacial score (nSPS) is 12.9. The van der Waals surface area contributed by atoms with Crippen molar-refractivity contribution in [1.29, 1.82) is 0 Å². The van der Waals surface area contributed by atoms with Crippen LogP contribution in [0.2, 0.25) is 15.1 Å². The number of hydrogen-bond acceptors (Lipinski definition) is 3. The van der Waals surface area contributed by atoms with Gasteiger partial charge in [0.1, 0.15) is 0 Å². The molecule has 0 unspecified atom stereocenters. The van der Waals surface area contributed by atoms with Crippen molar-refractivity contribution >= 4 is 40.7 Å². The molecule has 0 spiro atoms. The number of carbonyl (C=O) groups is 1. The number of hydroxylamine groups is 2. The van der Waals surface area contributed by atoms with Crippen molar-refractivity contribution in [2.45, 2.75) is 19.3 Å². The number of halogens is 3. The van der Waals surface area contributed by atoms with E-state index in [-0.39, 0.29) is 5.91 Å². The molecule has 1 heterocycles. The maximum Gasteiger partial charge on any atom is 0.297 e. The minimum atomic E-state index is -0.315. The van der Waals surface area contributed by atoms with Crippen LogP contribution in [0.4, 0.5) is 0 Å². The van der Waals surface area contributed by atoms with E-state index in [9.17, 15) is 4.79 Å². The average molecular weight is 451 g/mol. The molecule has 0 saturated heterocycles. The second kappa shape index (κ2) is 8.00. The van der Waals surface area contributed by atoms with Gasteiger partial charge in [0.25, 0.3) is 5.91 Å². The lowest BCUT2D eigenvalue weighted by Gasteiger charge is -2.13. The third kappa shape index (κ3) is 3.64. The van der Waals surface area contributed by atoms with E-state index < -0.39 is 0 Å². The summed E-state index contributed by atoms with van der Waals surface area (Å²) >= 11 is 18.8. The molecule has 1 aliphatic rings. The number of aromatic nitrogens is 2. The van der Waals surface area contributed by atoms with E-state index in [1.165, 1.54) is 12.2 Å². The summed E-state index contributed by atoms with van der Waals surface area (Å²) in [5.41, 5.74) is 4.80. The molecule has 4 rings (SSSR count). The summed E-state index contributed by atoms with van der Waals surface area (Å²) in [4.78, 5) is 18.1. The maximum atomic E-state index is 13.0. The maximum absolute atomic E-state index is 13.0. The Morgan fingerprint density at radius 2 is 1.83 bits per heavy atom. The highest BCUT2D eigenvalue weighted by molar-refractivity contribution is 6.35. The third-order valence-electron chi connectivity index (χ3n) is 5.08. The lowest BCUT2D eigenvalue weighted by Crippen LogP contribution is -2.26. The van der Waals surface area contributed by atoms with Crippen LogP contribution in [0.25, 0.3) is 16.9 Å². The molecular weight excluding hydrogens is 433 g/mol. The standard InChI is InChI=1S/C21H18Cl3N3O2/c1-26(29-2)21(28)19-16-5-3-4-12-10-13(22)6-8-15(12)20(16)27(25-19)18-9-7-14(23)11-17(18)24/h6-11H,3-5H2,1-2H3. The van der Waals surface area contributed by atoms with Crippen molar-refractivity contribution in [3.8, 4) is 16.9 Å². The highest BCUT2D eigenvalue weighted by atomic mass is 35.5. The fraction of sp³-hybridized carbons (Fsp3) is 0.238. The van der Waals surface area contributed by atoms with Crippen molar-refractivity contribution in [2.75, 3.05) is 14.2 Å². The van der Waals surface area contributed by atoms with Gasteiger partial charge in [-0.15, -0.1) is 0 Å². The molecule has 1 aromatic heterocycles. The van der Waals surface area contributed by atoms with Crippen molar-refractivity contribution < 1.29 is 9.63 Å². The van der Waals surface area contributed by atoms with Gasteiger partial charge >= 0.3 is 0 Å². The molecule has 8 heteroatoms. The summed E-state index contributed by atoms with van der Waals surface area (Å²) in [7, 11) is 3.01. The fourth-order valence-corrected chi connectivity index (χ4v) is 4.33. The first kappa shape index (κ1) is 20.2. The van der Waals surface area contributed by atoms with Gasteiger partial charge in [-0.1, -0.05) is 40.9 Å². The Bertz CT molecular complexity index is 1110. The Hall–Kier alpha value is -2.05. The van der Waals surface area contributed by atoms with Crippen LogP contribution in [0, 0.1) is 0 Å². The van der Waals surface area contributed by atoms with Gasteiger partial charge < -0.3 is 0 Å². The summed E-state index contributed by atoms with van der Waals surface area (Å²) in [6.07, 6.45) is 2.43. The first-order valence-corrected chi connectivity index (χ1v) is 10.2. The van der Waals surface area contributed by atoms with Gasteiger partial charge in [-0.2, -0.15) is 5.10 Å². The van der Waals surface area contributed by atoms with E-state index >= 15 is 0 Å². The first-order chi connectivity index (χ1) is 13.9. The molecule has 0 bridgehead atoms. The van der Waals surface area contributed by atoms with Crippen molar-refractivity contribution in [1.82, 2.24) is 14.8 Å². The van der Waals surface area contributed by atoms with Gasteiger partial charge in [0.05, 0.1) is 23.5 Å². The molecular formula is C21H18Cl3N3O2. The Morgan fingerprint density at radius 3 is 2.55 bits per heavy atom. The number of nitrogens with zero attached hydrogens (tertiary/aromatic N) is 3. The van der Waals surface area contributed by atoms with Gasteiger partial charge in [0.15, 0.2) is 5.69 Å². The van der Waals surface area contributed by atoms with Gasteiger partial charge in [0, 0.05) is 28.2 Å². The number of fused-ring (bicyclic) bond motifs is 3. The van der Waals surface area contributed by atoms with Crippen molar-refractivity contribution in [3.63, 3.8) is 0 Å². The van der Waals surface area contributed by atoms with Gasteiger partial charge in [-0.25, -0.2) is 9.75 Å². The summed E-state index contributed by atoms with van der Waals surface area (Å²) in [5, 5.41) is 7.49. The molecule has 1 aliphatic carbocycles. The van der Waals surface area contributed by atoms with Crippen molar-refractivity contribution in [3.05, 3.63) is 68.3 Å². The lowest BCUT2D eigenvalue weighted by molar-refractivity contribution is -0.0761. The fourth-order valence-electron chi connectivity index (χ4n) is 3.65. The highest BCUT2D eigenvalue weighted by Gasteiger charge is 2.30. The minimum absolute atomic E-state index is 0.315. The van der Waals surface area contributed by atoms with E-state index in [2.05, 4.69) is 5.10 Å². The molecule has 5 nitrogen and oxygen atoms in total. The predicted molar refractivity (Wildman–Crippen MR) is 115 cm³/mol. The SMILES string of the molecule is CON(C)C(=O)c1nn(-c2ccc(Cl)cc2Cl)c2c1CCCc1cc(Cl)ccc1-2. The Morgan fingerprint density at radius 1 is 1.10 bits per heavy atom. The topological polar surface area (TPSA) is 47.4 Å². The zero-order valence-electron chi connectivity index (χ0n) is 15.9. The largest absolute Gasteiger partial charge is 0.297 e. The van der Waals surface area contributed by atoms with E-state index in [4.69, 9.17) is 39.6 Å². The van der Waals surface area contributed by atoms with Crippen molar-refractivity contribution in [2.24, 2.45) is 0 Å². The number of rotatable bonds is 3. The number of amides is 1. The number of carbonyl (C=O) groups excluding carboxylic acids is 1. The lowest BCUT2D eigenvalue weighted by atomic mass is 10.0. The summed E-state index contributed by atoms with van der Waals surface area (Å²) in [6, 6.07) is 11.0. The molecule has 150 valence electrons. The van der Waals surface area contributed by atoms with Crippen LogP contribution in [0.5, 0.6) is 0 Å². The molecule has 0 saturated carbocycles. The number of aryl methyl sites for hydroxylation is 1. The third-order valence-corrected chi connectivity index (χ3v) is 5.85. The van der Waals surface area contributed by atoms with Gasteiger partial charge in [-0.3, -0.25) is 9.63 Å². The second-order valence-corrected chi connectivity index (χ2v) is 8.10. The molecule has 0 fully saturated rings. The molecule has 2 aromatic carbocycles. The number of benzene rings is 2. The Kier molecular flexibility index (Phi) is 5.58.